The third kappa shape index (κ3) is 5.94. The maximum Gasteiger partial charge on any atom is 0.272 e. The van der Waals surface area contributed by atoms with Gasteiger partial charge in [-0.3, -0.25) is 19.7 Å². The third-order valence-corrected chi connectivity index (χ3v) is 5.04. The van der Waals surface area contributed by atoms with Gasteiger partial charge in [-0.15, -0.1) is 0 Å². The lowest BCUT2D eigenvalue weighted by atomic mass is 10.1. The van der Waals surface area contributed by atoms with Crippen molar-refractivity contribution in [1.29, 1.82) is 0 Å². The molecule has 0 saturated heterocycles. The molecule has 0 aliphatic carbocycles. The van der Waals surface area contributed by atoms with Crippen molar-refractivity contribution in [3.63, 3.8) is 0 Å². The molecule has 0 heterocycles. The second-order valence-corrected chi connectivity index (χ2v) is 7.64. The molecule has 32 heavy (non-hydrogen) atoms. The van der Waals surface area contributed by atoms with Crippen LogP contribution in [0, 0.1) is 17.0 Å². The number of rotatable bonds is 6. The van der Waals surface area contributed by atoms with Gasteiger partial charge in [-0.1, -0.05) is 47.5 Å². The van der Waals surface area contributed by atoms with Crippen molar-refractivity contribution >= 4 is 52.5 Å². The van der Waals surface area contributed by atoms with Crippen LogP contribution in [0.3, 0.4) is 0 Å². The molecule has 0 aromatic heterocycles. The van der Waals surface area contributed by atoms with Gasteiger partial charge in [-0.2, -0.15) is 0 Å². The molecule has 0 fully saturated rings. The Morgan fingerprint density at radius 1 is 1.00 bits per heavy atom. The first-order valence-corrected chi connectivity index (χ1v) is 10.1. The van der Waals surface area contributed by atoms with E-state index in [2.05, 4.69) is 10.6 Å². The standard InChI is InChI=1S/C23H17Cl2N3O4/c1-14-8-9-18(13-20(14)25)26-23(30)21(11-15-4-2-7-19(10-15)28(31)32)27-22(29)16-5-3-6-17(24)12-16/h2-13H,1H3,(H,26,30)(H,27,29). The van der Waals surface area contributed by atoms with Crippen molar-refractivity contribution in [1.82, 2.24) is 5.32 Å². The molecule has 0 aliphatic rings. The number of carbonyl (C=O) groups excluding carboxylic acids is 2. The lowest BCUT2D eigenvalue weighted by Gasteiger charge is -2.12. The van der Waals surface area contributed by atoms with E-state index in [0.29, 0.717) is 21.3 Å². The summed E-state index contributed by atoms with van der Waals surface area (Å²) in [6, 6.07) is 16.9. The molecule has 0 atom stereocenters. The Morgan fingerprint density at radius 2 is 1.75 bits per heavy atom. The van der Waals surface area contributed by atoms with Crippen molar-refractivity contribution in [3.05, 3.63) is 109 Å². The van der Waals surface area contributed by atoms with Gasteiger partial charge in [-0.05, 0) is 54.5 Å². The Morgan fingerprint density at radius 3 is 2.44 bits per heavy atom. The summed E-state index contributed by atoms with van der Waals surface area (Å²) in [5.41, 5.74) is 1.60. The van der Waals surface area contributed by atoms with Gasteiger partial charge < -0.3 is 10.6 Å². The summed E-state index contributed by atoms with van der Waals surface area (Å²) in [5, 5.41) is 17.1. The first kappa shape index (κ1) is 23.0. The van der Waals surface area contributed by atoms with Crippen LogP contribution in [0.25, 0.3) is 6.08 Å². The first-order valence-electron chi connectivity index (χ1n) is 9.33. The van der Waals surface area contributed by atoms with E-state index in [0.717, 1.165) is 5.56 Å². The highest BCUT2D eigenvalue weighted by Gasteiger charge is 2.16. The summed E-state index contributed by atoms with van der Waals surface area (Å²) in [6.45, 7) is 1.83. The third-order valence-electron chi connectivity index (χ3n) is 4.40. The highest BCUT2D eigenvalue weighted by molar-refractivity contribution is 6.31. The van der Waals surface area contributed by atoms with Gasteiger partial charge in [0.2, 0.25) is 0 Å². The van der Waals surface area contributed by atoms with Gasteiger partial charge in [-0.25, -0.2) is 0 Å². The van der Waals surface area contributed by atoms with E-state index >= 15 is 0 Å². The molecule has 0 unspecified atom stereocenters. The molecule has 0 radical (unpaired) electrons. The number of anilines is 1. The average molecular weight is 470 g/mol. The second-order valence-electron chi connectivity index (χ2n) is 6.79. The van der Waals surface area contributed by atoms with Crippen LogP contribution in [0.2, 0.25) is 10.0 Å². The van der Waals surface area contributed by atoms with Gasteiger partial charge in [0.25, 0.3) is 17.5 Å². The van der Waals surface area contributed by atoms with Crippen molar-refractivity contribution < 1.29 is 14.5 Å². The van der Waals surface area contributed by atoms with Crippen LogP contribution in [0.1, 0.15) is 21.5 Å². The number of hydrogen-bond acceptors (Lipinski definition) is 4. The largest absolute Gasteiger partial charge is 0.321 e. The van der Waals surface area contributed by atoms with Crippen molar-refractivity contribution in [2.75, 3.05) is 5.32 Å². The normalized spacial score (nSPS) is 11.0. The molecule has 0 bridgehead atoms. The minimum absolute atomic E-state index is 0.118. The molecule has 3 rings (SSSR count). The Labute approximate surface area is 193 Å². The number of nitrogens with one attached hydrogen (secondary N) is 2. The van der Waals surface area contributed by atoms with Crippen LogP contribution < -0.4 is 10.6 Å². The number of carbonyl (C=O) groups is 2. The van der Waals surface area contributed by atoms with E-state index in [9.17, 15) is 19.7 Å². The fraction of sp³-hybridized carbons (Fsp3) is 0.0435. The fourth-order valence-corrected chi connectivity index (χ4v) is 3.12. The average Bonchev–Trinajstić information content (AvgIpc) is 2.76. The van der Waals surface area contributed by atoms with Crippen molar-refractivity contribution in [3.8, 4) is 0 Å². The van der Waals surface area contributed by atoms with Crippen molar-refractivity contribution in [2.45, 2.75) is 6.92 Å². The fourth-order valence-electron chi connectivity index (χ4n) is 2.75. The van der Waals surface area contributed by atoms with Gasteiger partial charge in [0.1, 0.15) is 5.70 Å². The summed E-state index contributed by atoms with van der Waals surface area (Å²) in [4.78, 5) is 36.2. The second kappa shape index (κ2) is 10.1. The highest BCUT2D eigenvalue weighted by atomic mass is 35.5. The molecule has 2 N–H and O–H groups in total. The Hall–Kier alpha value is -3.68. The van der Waals surface area contributed by atoms with Gasteiger partial charge in [0, 0.05) is 33.4 Å². The predicted molar refractivity (Wildman–Crippen MR) is 125 cm³/mol. The smallest absolute Gasteiger partial charge is 0.272 e. The van der Waals surface area contributed by atoms with E-state index in [4.69, 9.17) is 23.2 Å². The minimum Gasteiger partial charge on any atom is -0.321 e. The maximum absolute atomic E-state index is 13.0. The summed E-state index contributed by atoms with van der Waals surface area (Å²) >= 11 is 12.1. The number of benzene rings is 3. The van der Waals surface area contributed by atoms with Gasteiger partial charge >= 0.3 is 0 Å². The SMILES string of the molecule is Cc1ccc(NC(=O)C(=Cc2cccc([N+](=O)[O-])c2)NC(=O)c2cccc(Cl)c2)cc1Cl. The number of halogens is 2. The van der Waals surface area contributed by atoms with Gasteiger partial charge in [0.15, 0.2) is 0 Å². The number of aryl methyl sites for hydroxylation is 1. The zero-order chi connectivity index (χ0) is 23.3. The summed E-state index contributed by atoms with van der Waals surface area (Å²) in [6.07, 6.45) is 1.35. The Kier molecular flexibility index (Phi) is 7.25. The quantitative estimate of drug-likeness (QED) is 0.277. The van der Waals surface area contributed by atoms with E-state index in [-0.39, 0.29) is 16.9 Å². The number of nitro groups is 1. The van der Waals surface area contributed by atoms with E-state index in [1.54, 1.807) is 42.5 Å². The molecule has 3 aromatic carbocycles. The zero-order valence-electron chi connectivity index (χ0n) is 16.8. The number of nitro benzene ring substituents is 1. The van der Waals surface area contributed by atoms with E-state index < -0.39 is 16.7 Å². The van der Waals surface area contributed by atoms with Crippen LogP contribution >= 0.6 is 23.2 Å². The van der Waals surface area contributed by atoms with Crippen molar-refractivity contribution in [2.24, 2.45) is 0 Å². The van der Waals surface area contributed by atoms with Crippen LogP contribution in [0.15, 0.2) is 72.4 Å². The number of amides is 2. The van der Waals surface area contributed by atoms with E-state index in [1.165, 1.54) is 30.3 Å². The lowest BCUT2D eigenvalue weighted by Crippen LogP contribution is -2.30. The van der Waals surface area contributed by atoms with E-state index in [1.807, 2.05) is 6.92 Å². The van der Waals surface area contributed by atoms with Crippen LogP contribution in [-0.2, 0) is 4.79 Å². The highest BCUT2D eigenvalue weighted by Crippen LogP contribution is 2.21. The topological polar surface area (TPSA) is 101 Å². The summed E-state index contributed by atoms with van der Waals surface area (Å²) in [5.74, 6) is -1.20. The minimum atomic E-state index is -0.633. The van der Waals surface area contributed by atoms with Crippen LogP contribution in [-0.4, -0.2) is 16.7 Å². The summed E-state index contributed by atoms with van der Waals surface area (Å²) < 4.78 is 0. The Bertz CT molecular complexity index is 1240. The van der Waals surface area contributed by atoms with Gasteiger partial charge in [0.05, 0.1) is 4.92 Å². The molecule has 9 heteroatoms. The number of nitrogens with zero attached hydrogens (tertiary/aromatic N) is 1. The zero-order valence-corrected chi connectivity index (χ0v) is 18.3. The number of hydrogen-bond donors (Lipinski definition) is 2. The predicted octanol–water partition coefficient (Wildman–Crippen LogP) is 5.62. The first-order chi connectivity index (χ1) is 15.2. The van der Waals surface area contributed by atoms with Crippen LogP contribution in [0.4, 0.5) is 11.4 Å². The molecular weight excluding hydrogens is 453 g/mol. The maximum atomic E-state index is 13.0. The molecule has 0 spiro atoms. The molecule has 0 aliphatic heterocycles. The molecule has 0 saturated carbocycles. The molecule has 3 aromatic rings. The number of non-ortho nitro benzene ring substituents is 1. The monoisotopic (exact) mass is 469 g/mol. The molecule has 2 amide bonds. The Balaban J connectivity index is 1.95. The molecular formula is C23H17Cl2N3O4. The summed E-state index contributed by atoms with van der Waals surface area (Å²) in [7, 11) is 0. The van der Waals surface area contributed by atoms with Crippen LogP contribution in [0.5, 0.6) is 0 Å². The molecule has 162 valence electrons. The molecule has 7 nitrogen and oxygen atoms in total. The lowest BCUT2D eigenvalue weighted by molar-refractivity contribution is -0.384.